The van der Waals surface area contributed by atoms with Crippen molar-refractivity contribution >= 4 is 11.5 Å². The van der Waals surface area contributed by atoms with Gasteiger partial charge in [-0.25, -0.2) is 8.78 Å². The molecule has 21 heavy (non-hydrogen) atoms. The zero-order valence-corrected chi connectivity index (χ0v) is 11.1. The third kappa shape index (κ3) is 2.37. The maximum Gasteiger partial charge on any atom is 0.234 e. The number of nitrogen functional groups attached to an aromatic ring is 1. The summed E-state index contributed by atoms with van der Waals surface area (Å²) in [6.07, 6.45) is 0.222. The molecule has 5 N–H and O–H groups in total. The lowest BCUT2D eigenvalue weighted by molar-refractivity contribution is 0.468. The summed E-state index contributed by atoms with van der Waals surface area (Å²) in [5, 5.41) is 17.6. The minimum Gasteiger partial charge on any atom is -0.503 e. The van der Waals surface area contributed by atoms with Gasteiger partial charge in [0.15, 0.2) is 5.75 Å². The van der Waals surface area contributed by atoms with Gasteiger partial charge in [0.1, 0.15) is 17.5 Å². The number of hydrogen-bond donors (Lipinski definition) is 4. The van der Waals surface area contributed by atoms with Crippen LogP contribution < -0.4 is 11.2 Å². The van der Waals surface area contributed by atoms with Crippen LogP contribution in [0.5, 0.6) is 5.75 Å². The Morgan fingerprint density at radius 2 is 1.95 bits per heavy atom. The lowest BCUT2D eigenvalue weighted by Crippen LogP contribution is -2.19. The van der Waals surface area contributed by atoms with E-state index in [4.69, 9.17) is 11.1 Å². The largest absolute Gasteiger partial charge is 0.503 e. The summed E-state index contributed by atoms with van der Waals surface area (Å²) in [6, 6.07) is 3.15. The molecule has 0 radical (unpaired) electrons. The number of aromatic amines is 1. The normalized spacial score (nSPS) is 10.6. The first-order chi connectivity index (χ1) is 9.88. The van der Waals surface area contributed by atoms with Gasteiger partial charge in [-0.15, -0.1) is 0 Å². The van der Waals surface area contributed by atoms with Crippen LogP contribution in [0.15, 0.2) is 23.0 Å². The van der Waals surface area contributed by atoms with Crippen molar-refractivity contribution in [2.75, 3.05) is 5.73 Å². The second kappa shape index (κ2) is 5.35. The highest BCUT2D eigenvalue weighted by atomic mass is 19.1. The molecule has 2 aromatic rings. The van der Waals surface area contributed by atoms with Gasteiger partial charge in [-0.3, -0.25) is 4.79 Å². The molecule has 0 unspecified atom stereocenters. The van der Waals surface area contributed by atoms with E-state index in [0.717, 1.165) is 18.2 Å². The number of pyridine rings is 1. The zero-order chi connectivity index (χ0) is 15.7. The van der Waals surface area contributed by atoms with E-state index in [1.807, 2.05) is 0 Å². The number of aromatic hydroxyl groups is 1. The van der Waals surface area contributed by atoms with E-state index >= 15 is 0 Å². The van der Waals surface area contributed by atoms with Crippen molar-refractivity contribution in [1.29, 1.82) is 5.41 Å². The summed E-state index contributed by atoms with van der Waals surface area (Å²) in [7, 11) is 0. The van der Waals surface area contributed by atoms with Crippen molar-refractivity contribution < 1.29 is 13.9 Å². The highest BCUT2D eigenvalue weighted by molar-refractivity contribution is 6.02. The second-order valence-electron chi connectivity index (χ2n) is 4.40. The Labute approximate surface area is 118 Å². The van der Waals surface area contributed by atoms with Crippen LogP contribution in [0.2, 0.25) is 0 Å². The number of benzene rings is 1. The van der Waals surface area contributed by atoms with Gasteiger partial charge in [0.2, 0.25) is 5.43 Å². The van der Waals surface area contributed by atoms with Crippen LogP contribution in [-0.2, 0) is 0 Å². The molecular weight excluding hydrogens is 280 g/mol. The Balaban J connectivity index is 2.80. The minimum absolute atomic E-state index is 0.0791. The lowest BCUT2D eigenvalue weighted by atomic mass is 10.0. The molecule has 0 aliphatic heterocycles. The highest BCUT2D eigenvalue weighted by Crippen LogP contribution is 2.31. The fraction of sp³-hybridized carbons (Fsp3) is 0.143. The molecule has 1 heterocycles. The van der Waals surface area contributed by atoms with E-state index in [0.29, 0.717) is 0 Å². The third-order valence-corrected chi connectivity index (χ3v) is 3.08. The molecule has 0 fully saturated rings. The van der Waals surface area contributed by atoms with E-state index in [-0.39, 0.29) is 23.5 Å². The maximum absolute atomic E-state index is 13.7. The average molecular weight is 293 g/mol. The van der Waals surface area contributed by atoms with Gasteiger partial charge in [-0.1, -0.05) is 13.0 Å². The smallest absolute Gasteiger partial charge is 0.234 e. The quantitative estimate of drug-likeness (QED) is 0.653. The molecule has 2 rings (SSSR count). The van der Waals surface area contributed by atoms with Crippen LogP contribution in [0.3, 0.4) is 0 Å². The van der Waals surface area contributed by atoms with Gasteiger partial charge < -0.3 is 21.2 Å². The molecule has 1 aromatic heterocycles. The number of anilines is 1. The van der Waals surface area contributed by atoms with Crippen LogP contribution in [0, 0.1) is 17.0 Å². The molecule has 0 atom stereocenters. The molecule has 0 saturated carbocycles. The summed E-state index contributed by atoms with van der Waals surface area (Å²) < 4.78 is 27.5. The standard InChI is InChI=1S/C14H13F2N3O2/c1-2-8(17)10-12(20)13(21)11(19-14(10)18)9-6(15)4-3-5-7(9)16/h3-5,17,21H,2H2,1H3,(H3,18,19,20). The fourth-order valence-corrected chi connectivity index (χ4v) is 2.00. The molecule has 110 valence electrons. The van der Waals surface area contributed by atoms with Crippen molar-refractivity contribution in [3.8, 4) is 17.0 Å². The topological polar surface area (TPSA) is 103 Å². The van der Waals surface area contributed by atoms with Crippen molar-refractivity contribution in [2.45, 2.75) is 13.3 Å². The van der Waals surface area contributed by atoms with Crippen LogP contribution in [0.25, 0.3) is 11.3 Å². The second-order valence-corrected chi connectivity index (χ2v) is 4.40. The van der Waals surface area contributed by atoms with Gasteiger partial charge in [-0.2, -0.15) is 0 Å². The zero-order valence-electron chi connectivity index (χ0n) is 11.1. The first-order valence-corrected chi connectivity index (χ1v) is 6.15. The van der Waals surface area contributed by atoms with E-state index in [1.54, 1.807) is 6.92 Å². The van der Waals surface area contributed by atoms with Crippen molar-refractivity contribution in [1.82, 2.24) is 4.98 Å². The molecule has 1 aromatic carbocycles. The average Bonchev–Trinajstić information content (AvgIpc) is 2.43. The van der Waals surface area contributed by atoms with Gasteiger partial charge in [-0.05, 0) is 18.6 Å². The van der Waals surface area contributed by atoms with Crippen LogP contribution in [0.4, 0.5) is 14.6 Å². The highest BCUT2D eigenvalue weighted by Gasteiger charge is 2.22. The summed E-state index contributed by atoms with van der Waals surface area (Å²) in [5.74, 6) is -2.99. The van der Waals surface area contributed by atoms with E-state index < -0.39 is 34.1 Å². The van der Waals surface area contributed by atoms with Crippen molar-refractivity contribution in [3.05, 3.63) is 45.6 Å². The summed E-state index contributed by atoms with van der Waals surface area (Å²) in [4.78, 5) is 14.5. The Morgan fingerprint density at radius 1 is 1.38 bits per heavy atom. The predicted molar refractivity (Wildman–Crippen MR) is 75.6 cm³/mol. The van der Waals surface area contributed by atoms with Gasteiger partial charge >= 0.3 is 0 Å². The lowest BCUT2D eigenvalue weighted by Gasteiger charge is -2.12. The Hall–Kier alpha value is -2.70. The molecule has 7 heteroatoms. The van der Waals surface area contributed by atoms with Crippen LogP contribution in [-0.4, -0.2) is 15.8 Å². The Morgan fingerprint density at radius 3 is 2.48 bits per heavy atom. The van der Waals surface area contributed by atoms with E-state index in [2.05, 4.69) is 4.98 Å². The number of hydrogen-bond acceptors (Lipinski definition) is 4. The number of aromatic nitrogens is 1. The Bertz CT molecular complexity index is 764. The van der Waals surface area contributed by atoms with Crippen molar-refractivity contribution in [2.24, 2.45) is 0 Å². The third-order valence-electron chi connectivity index (χ3n) is 3.08. The molecule has 0 saturated heterocycles. The maximum atomic E-state index is 13.7. The number of H-pyrrole nitrogens is 1. The summed E-state index contributed by atoms with van der Waals surface area (Å²) in [5.41, 5.74) is 3.42. The van der Waals surface area contributed by atoms with Gasteiger partial charge in [0.05, 0.1) is 16.8 Å². The Kier molecular flexibility index (Phi) is 3.75. The monoisotopic (exact) mass is 293 g/mol. The molecule has 0 bridgehead atoms. The van der Waals surface area contributed by atoms with Gasteiger partial charge in [0.25, 0.3) is 0 Å². The van der Waals surface area contributed by atoms with Crippen LogP contribution in [0.1, 0.15) is 18.9 Å². The molecule has 0 aliphatic rings. The number of nitrogens with one attached hydrogen (secondary N) is 2. The molecular formula is C14H13F2N3O2. The van der Waals surface area contributed by atoms with Crippen LogP contribution >= 0.6 is 0 Å². The van der Waals surface area contributed by atoms with E-state index in [9.17, 15) is 18.7 Å². The molecule has 5 nitrogen and oxygen atoms in total. The number of nitrogens with two attached hydrogens (primary N) is 1. The number of halogens is 2. The molecule has 0 spiro atoms. The number of rotatable bonds is 3. The van der Waals surface area contributed by atoms with Crippen molar-refractivity contribution in [3.63, 3.8) is 0 Å². The minimum atomic E-state index is -0.946. The molecule has 0 amide bonds. The first-order valence-electron chi connectivity index (χ1n) is 6.15. The van der Waals surface area contributed by atoms with Gasteiger partial charge in [0, 0.05) is 5.71 Å². The van der Waals surface area contributed by atoms with E-state index in [1.165, 1.54) is 0 Å². The summed E-state index contributed by atoms with van der Waals surface area (Å²) in [6.45, 7) is 1.64. The molecule has 0 aliphatic carbocycles. The predicted octanol–water partition coefficient (Wildman–Crippen LogP) is 2.39. The summed E-state index contributed by atoms with van der Waals surface area (Å²) >= 11 is 0. The first kappa shape index (κ1) is 14.7. The fourth-order valence-electron chi connectivity index (χ4n) is 2.00. The SMILES string of the molecule is CCC(=N)c1c(N)[nH]c(-c2c(F)cccc2F)c(O)c1=O.